The molecule has 1 aromatic carbocycles. The highest BCUT2D eigenvalue weighted by molar-refractivity contribution is 5.96. The van der Waals surface area contributed by atoms with E-state index >= 15 is 0 Å². The third-order valence-electron chi connectivity index (χ3n) is 3.74. The third kappa shape index (κ3) is 4.34. The van der Waals surface area contributed by atoms with E-state index in [0.717, 1.165) is 19.3 Å². The van der Waals surface area contributed by atoms with Crippen molar-refractivity contribution in [2.45, 2.75) is 19.4 Å². The Kier molecular flexibility index (Phi) is 6.47. The van der Waals surface area contributed by atoms with Crippen molar-refractivity contribution in [1.29, 1.82) is 0 Å². The van der Waals surface area contributed by atoms with Gasteiger partial charge >= 0.3 is 18.0 Å². The van der Waals surface area contributed by atoms with Gasteiger partial charge in [0.1, 0.15) is 0 Å². The molecule has 1 aromatic rings. The van der Waals surface area contributed by atoms with Crippen LogP contribution in [0.25, 0.3) is 6.08 Å². The second-order valence-corrected chi connectivity index (χ2v) is 5.41. The molecule has 1 heterocycles. The number of nitro benzene ring substituents is 1. The molecule has 1 aliphatic rings. The number of methoxy groups -OCH3 is 1. The van der Waals surface area contributed by atoms with Crippen LogP contribution in [0.1, 0.15) is 18.9 Å². The van der Waals surface area contributed by atoms with Crippen LogP contribution in [0.3, 0.4) is 0 Å². The maximum Gasteiger partial charge on any atom is 0.382 e. The zero-order valence-corrected chi connectivity index (χ0v) is 14.9. The summed E-state index contributed by atoms with van der Waals surface area (Å²) in [4.78, 5) is 45.0. The summed E-state index contributed by atoms with van der Waals surface area (Å²) < 4.78 is 19.6. The summed E-state index contributed by atoms with van der Waals surface area (Å²) in [6, 6.07) is 0.580. The number of benzene rings is 1. The molecule has 0 aliphatic carbocycles. The van der Waals surface area contributed by atoms with Gasteiger partial charge in [0.15, 0.2) is 11.5 Å². The normalized spacial score (nSPS) is 13.6. The Morgan fingerprint density at radius 1 is 1.29 bits per heavy atom. The van der Waals surface area contributed by atoms with Crippen molar-refractivity contribution in [2.24, 2.45) is 0 Å². The Balaban J connectivity index is 2.55. The van der Waals surface area contributed by atoms with Gasteiger partial charge in [0.05, 0.1) is 30.6 Å². The highest BCUT2D eigenvalue weighted by Crippen LogP contribution is 2.42. The van der Waals surface area contributed by atoms with E-state index in [2.05, 4.69) is 9.47 Å². The van der Waals surface area contributed by atoms with E-state index in [1.54, 1.807) is 0 Å². The quantitative estimate of drug-likeness (QED) is 0.273. The van der Waals surface area contributed by atoms with Crippen molar-refractivity contribution in [1.82, 2.24) is 0 Å². The molecule has 0 radical (unpaired) electrons. The van der Waals surface area contributed by atoms with Crippen molar-refractivity contribution < 1.29 is 38.4 Å². The minimum atomic E-state index is -1.89. The van der Waals surface area contributed by atoms with Gasteiger partial charge in [-0.3, -0.25) is 20.2 Å². The third-order valence-corrected chi connectivity index (χ3v) is 3.74. The number of carbonyl (C=O) groups excluding carboxylic acids is 2. The van der Waals surface area contributed by atoms with Crippen molar-refractivity contribution in [3.8, 4) is 11.5 Å². The summed E-state index contributed by atoms with van der Waals surface area (Å²) in [5.74, 6) is -1.93. The zero-order chi connectivity index (χ0) is 20.8. The molecule has 0 spiro atoms. The van der Waals surface area contributed by atoms with Gasteiger partial charge < -0.3 is 18.9 Å². The van der Waals surface area contributed by atoms with Crippen LogP contribution in [0.4, 0.5) is 5.69 Å². The van der Waals surface area contributed by atoms with Crippen LogP contribution >= 0.6 is 0 Å². The van der Waals surface area contributed by atoms with Crippen molar-refractivity contribution >= 4 is 23.7 Å². The van der Waals surface area contributed by atoms with Crippen molar-refractivity contribution in [3.05, 3.63) is 43.5 Å². The van der Waals surface area contributed by atoms with Gasteiger partial charge in [-0.25, -0.2) is 9.59 Å². The molecule has 0 fully saturated rings. The van der Waals surface area contributed by atoms with E-state index in [0.29, 0.717) is 0 Å². The molecule has 12 nitrogen and oxygen atoms in total. The average molecular weight is 396 g/mol. The number of ether oxygens (including phenoxy) is 4. The number of fused-ring (bicyclic) bond motifs is 1. The van der Waals surface area contributed by atoms with Gasteiger partial charge in [-0.15, -0.1) is 0 Å². The molecule has 0 aromatic heterocycles. The number of nitrogens with zero attached hydrogens (tertiary/aromatic N) is 2. The van der Waals surface area contributed by atoms with Gasteiger partial charge in [0, 0.05) is 16.6 Å². The standard InChI is InChI=1S/C16H16N2O10/c1-3-26-16(20)12(18(23)24)7-9(15(19)25-2)6-10-11(17(21)22)4-5-13-14(10)28-8-27-13/h4-6,12H,3,7-8H2,1-2H3/b9-6+. The summed E-state index contributed by atoms with van der Waals surface area (Å²) in [5, 5.41) is 22.6. The second kappa shape index (κ2) is 8.79. The second-order valence-electron chi connectivity index (χ2n) is 5.41. The fourth-order valence-corrected chi connectivity index (χ4v) is 2.48. The largest absolute Gasteiger partial charge is 0.466 e. The van der Waals surface area contributed by atoms with E-state index in [-0.39, 0.29) is 36.0 Å². The highest BCUT2D eigenvalue weighted by Gasteiger charge is 2.35. The van der Waals surface area contributed by atoms with Crippen LogP contribution in [-0.4, -0.2) is 48.3 Å². The van der Waals surface area contributed by atoms with Crippen LogP contribution in [0.5, 0.6) is 11.5 Å². The Morgan fingerprint density at radius 3 is 2.57 bits per heavy atom. The van der Waals surface area contributed by atoms with E-state index in [1.807, 2.05) is 0 Å². The lowest BCUT2D eigenvalue weighted by Crippen LogP contribution is -2.33. The number of rotatable bonds is 8. The lowest BCUT2D eigenvalue weighted by Gasteiger charge is -2.11. The maximum atomic E-state index is 12.1. The molecule has 0 N–H and O–H groups in total. The van der Waals surface area contributed by atoms with Gasteiger partial charge in [-0.1, -0.05) is 0 Å². The van der Waals surface area contributed by atoms with Gasteiger partial charge in [0.2, 0.25) is 6.79 Å². The molecule has 1 aliphatic heterocycles. The molecule has 1 unspecified atom stereocenters. The summed E-state index contributed by atoms with van der Waals surface area (Å²) in [7, 11) is 1.03. The first-order chi connectivity index (χ1) is 13.3. The predicted molar refractivity (Wildman–Crippen MR) is 91.2 cm³/mol. The van der Waals surface area contributed by atoms with E-state index in [4.69, 9.17) is 9.47 Å². The fraction of sp³-hybridized carbons (Fsp3) is 0.375. The zero-order valence-electron chi connectivity index (χ0n) is 14.9. The minimum Gasteiger partial charge on any atom is -0.466 e. The summed E-state index contributed by atoms with van der Waals surface area (Å²) >= 11 is 0. The molecule has 28 heavy (non-hydrogen) atoms. The predicted octanol–water partition coefficient (Wildman–Crippen LogP) is 1.48. The van der Waals surface area contributed by atoms with E-state index in [1.165, 1.54) is 13.0 Å². The number of hydrogen-bond donors (Lipinski definition) is 0. The van der Waals surface area contributed by atoms with Crippen LogP contribution in [0, 0.1) is 20.2 Å². The first kappa shape index (κ1) is 20.6. The Hall–Kier alpha value is -3.70. The van der Waals surface area contributed by atoms with Crippen LogP contribution in [0.15, 0.2) is 17.7 Å². The van der Waals surface area contributed by atoms with Crippen LogP contribution in [0.2, 0.25) is 0 Å². The number of nitro groups is 2. The Labute approximate surface area is 157 Å². The fourth-order valence-electron chi connectivity index (χ4n) is 2.48. The smallest absolute Gasteiger partial charge is 0.382 e. The topological polar surface area (TPSA) is 157 Å². The molecule has 2 rings (SSSR count). The van der Waals surface area contributed by atoms with Crippen molar-refractivity contribution in [2.75, 3.05) is 20.5 Å². The lowest BCUT2D eigenvalue weighted by molar-refractivity contribution is -0.509. The van der Waals surface area contributed by atoms with E-state index in [9.17, 15) is 29.8 Å². The molecule has 0 saturated heterocycles. The molecule has 12 heteroatoms. The van der Waals surface area contributed by atoms with Gasteiger partial charge in [0.25, 0.3) is 5.69 Å². The maximum absolute atomic E-state index is 12.1. The van der Waals surface area contributed by atoms with Gasteiger partial charge in [-0.2, -0.15) is 0 Å². The van der Waals surface area contributed by atoms with Crippen molar-refractivity contribution in [3.63, 3.8) is 0 Å². The Bertz CT molecular complexity index is 848. The van der Waals surface area contributed by atoms with E-state index < -0.39 is 39.9 Å². The molecular weight excluding hydrogens is 380 g/mol. The molecule has 1 atom stereocenters. The molecule has 0 bridgehead atoms. The van der Waals surface area contributed by atoms with Crippen LogP contribution in [-0.2, 0) is 19.1 Å². The number of hydrogen-bond acceptors (Lipinski definition) is 10. The summed E-state index contributed by atoms with van der Waals surface area (Å²) in [6.45, 7) is 1.19. The summed E-state index contributed by atoms with van der Waals surface area (Å²) in [5.41, 5.74) is -0.893. The molecular formula is C16H16N2O10. The SMILES string of the molecule is CCOC(=O)C(C/C(=C\c1c([N+](=O)[O-])ccc2c1OCO2)C(=O)OC)[N+](=O)[O-]. The minimum absolute atomic E-state index is 0.00407. The summed E-state index contributed by atoms with van der Waals surface area (Å²) in [6.07, 6.45) is 0.327. The number of carbonyl (C=O) groups is 2. The first-order valence-electron chi connectivity index (χ1n) is 7.96. The molecule has 150 valence electrons. The average Bonchev–Trinajstić information content (AvgIpc) is 3.13. The molecule has 0 saturated carbocycles. The number of esters is 2. The monoisotopic (exact) mass is 396 g/mol. The van der Waals surface area contributed by atoms with Crippen LogP contribution < -0.4 is 9.47 Å². The lowest BCUT2D eigenvalue weighted by atomic mass is 10.0. The molecule has 0 amide bonds. The van der Waals surface area contributed by atoms with Gasteiger partial charge in [-0.05, 0) is 19.1 Å². The first-order valence-corrected chi connectivity index (χ1v) is 7.96. The highest BCUT2D eigenvalue weighted by atomic mass is 16.7. The Morgan fingerprint density at radius 2 is 2.00 bits per heavy atom.